The predicted molar refractivity (Wildman–Crippen MR) is 265 cm³/mol. The van der Waals surface area contributed by atoms with Crippen molar-refractivity contribution in [2.45, 2.75) is 75.8 Å². The molecule has 0 bridgehead atoms. The molecule has 374 valence electrons. The van der Waals surface area contributed by atoms with Crippen LogP contribution < -0.4 is 23.7 Å². The quantitative estimate of drug-likeness (QED) is 0.0219. The number of carbonyl (C=O) groups is 2. The summed E-state index contributed by atoms with van der Waals surface area (Å²) in [6.07, 6.45) is 7.99. The Bertz CT molecular complexity index is 2800. The lowest BCUT2D eigenvalue weighted by Crippen LogP contribution is -2.70. The summed E-state index contributed by atoms with van der Waals surface area (Å²) in [5.74, 6) is -0.250. The molecule has 2 aliphatic carbocycles. The molecular weight excluding hydrogens is 923 g/mol. The first kappa shape index (κ1) is 49.5. The number of rotatable bonds is 22. The van der Waals surface area contributed by atoms with Crippen LogP contribution in [0.15, 0.2) is 145 Å². The van der Waals surface area contributed by atoms with Gasteiger partial charge in [0.05, 0.1) is 23.2 Å². The van der Waals surface area contributed by atoms with E-state index in [1.165, 1.54) is 24.3 Å². The van der Waals surface area contributed by atoms with Crippen LogP contribution in [0.1, 0.15) is 77.9 Å². The molecule has 1 fully saturated rings. The maximum Gasteiger partial charge on any atom is 0.416 e. The average molecular weight is 980 g/mol. The summed E-state index contributed by atoms with van der Waals surface area (Å²) in [6.45, 7) is 4.27. The first-order valence-corrected chi connectivity index (χ1v) is 24.3. The summed E-state index contributed by atoms with van der Waals surface area (Å²) in [4.78, 5) is 46.0. The van der Waals surface area contributed by atoms with Crippen LogP contribution in [0.2, 0.25) is 0 Å². The van der Waals surface area contributed by atoms with Gasteiger partial charge in [0.1, 0.15) is 41.9 Å². The molecule has 72 heavy (non-hydrogen) atoms. The van der Waals surface area contributed by atoms with Crippen LogP contribution in [0.3, 0.4) is 0 Å². The first-order chi connectivity index (χ1) is 35.2. The van der Waals surface area contributed by atoms with Crippen LogP contribution in [0, 0.1) is 27.9 Å². The van der Waals surface area contributed by atoms with Crippen molar-refractivity contribution >= 4 is 23.8 Å². The zero-order valence-corrected chi connectivity index (χ0v) is 39.7. The van der Waals surface area contributed by atoms with Crippen LogP contribution in [0.4, 0.5) is 10.5 Å². The van der Waals surface area contributed by atoms with Gasteiger partial charge in [-0.2, -0.15) is 0 Å². The Kier molecular flexibility index (Phi) is 15.6. The number of allylic oxidation sites excluding steroid dienone is 1. The number of aliphatic hydroxyl groups is 2. The number of aldehydes is 1. The molecule has 0 aromatic heterocycles. The SMILES string of the molecule is C=CCOC12Oc3ccc(Oc4cccc(C=O)c4)cc3C3C(CCCCO)C(CCCCO)C=C(C(=NOCc4ccccc4)CC1N(Cc1ccc4c(c1)OCO4)C(=O)Oc1ccc([N+](=O)[O-])cc1)C32. The molecule has 16 nitrogen and oxygen atoms in total. The summed E-state index contributed by atoms with van der Waals surface area (Å²) >= 11 is 0. The minimum absolute atomic E-state index is 0.0119. The van der Waals surface area contributed by atoms with Gasteiger partial charge < -0.3 is 43.5 Å². The third-order valence-electron chi connectivity index (χ3n) is 13.8. The Morgan fingerprint density at radius 2 is 1.60 bits per heavy atom. The summed E-state index contributed by atoms with van der Waals surface area (Å²) in [7, 11) is 0. The molecule has 6 atom stereocenters. The van der Waals surface area contributed by atoms with Gasteiger partial charge in [0.25, 0.3) is 5.69 Å². The fraction of sp³-hybridized carbons (Fsp3) is 0.339. The number of aliphatic hydroxyl groups excluding tert-OH is 2. The Balaban J connectivity index is 1.25. The molecule has 2 N–H and O–H groups in total. The van der Waals surface area contributed by atoms with Crippen molar-refractivity contribution in [3.63, 3.8) is 0 Å². The highest BCUT2D eigenvalue weighted by molar-refractivity contribution is 6.03. The first-order valence-electron chi connectivity index (χ1n) is 24.3. The van der Waals surface area contributed by atoms with Gasteiger partial charge in [0, 0.05) is 55.4 Å². The van der Waals surface area contributed by atoms with Crippen LogP contribution >= 0.6 is 0 Å². The van der Waals surface area contributed by atoms with Crippen molar-refractivity contribution in [2.24, 2.45) is 22.9 Å². The van der Waals surface area contributed by atoms with E-state index in [0.29, 0.717) is 71.3 Å². The lowest BCUT2D eigenvalue weighted by molar-refractivity contribution is -0.384. The minimum atomic E-state index is -1.66. The highest BCUT2D eigenvalue weighted by Gasteiger charge is 2.66. The lowest BCUT2D eigenvalue weighted by atomic mass is 9.55. The van der Waals surface area contributed by atoms with Crippen molar-refractivity contribution in [1.82, 2.24) is 4.90 Å². The normalized spacial score (nSPS) is 21.8. The van der Waals surface area contributed by atoms with Gasteiger partial charge in [0.15, 0.2) is 11.5 Å². The van der Waals surface area contributed by atoms with Crippen molar-refractivity contribution in [1.29, 1.82) is 0 Å². The Labute approximate surface area is 417 Å². The number of oxime groups is 1. The number of benzene rings is 5. The van der Waals surface area contributed by atoms with Crippen molar-refractivity contribution in [3.8, 4) is 34.5 Å². The number of hydrogen-bond donors (Lipinski definition) is 2. The Hall–Kier alpha value is -7.53. The highest BCUT2D eigenvalue weighted by atomic mass is 16.7. The van der Waals surface area contributed by atoms with Gasteiger partial charge in [-0.15, -0.1) is 6.58 Å². The lowest BCUT2D eigenvalue weighted by Gasteiger charge is -2.59. The Morgan fingerprint density at radius 1 is 0.847 bits per heavy atom. The number of amides is 1. The van der Waals surface area contributed by atoms with Crippen molar-refractivity contribution in [2.75, 3.05) is 26.6 Å². The second-order valence-electron chi connectivity index (χ2n) is 18.3. The molecule has 2 aliphatic heterocycles. The monoisotopic (exact) mass is 979 g/mol. The van der Waals surface area contributed by atoms with E-state index in [4.69, 9.17) is 38.4 Å². The van der Waals surface area contributed by atoms with Gasteiger partial charge in [-0.3, -0.25) is 19.8 Å². The van der Waals surface area contributed by atoms with E-state index in [2.05, 4.69) is 12.7 Å². The third kappa shape index (κ3) is 10.7. The molecule has 2 heterocycles. The van der Waals surface area contributed by atoms with E-state index in [9.17, 15) is 25.1 Å². The van der Waals surface area contributed by atoms with E-state index < -0.39 is 28.8 Å². The largest absolute Gasteiger partial charge is 0.459 e. The average Bonchev–Trinajstić information content (AvgIpc) is 3.87. The molecular formula is C56H57N3O13. The molecule has 5 aromatic rings. The minimum Gasteiger partial charge on any atom is -0.459 e. The van der Waals surface area contributed by atoms with E-state index in [-0.39, 0.29) is 75.4 Å². The second kappa shape index (κ2) is 22.7. The van der Waals surface area contributed by atoms with E-state index in [1.807, 2.05) is 48.5 Å². The van der Waals surface area contributed by atoms with E-state index in [1.54, 1.807) is 53.4 Å². The van der Waals surface area contributed by atoms with E-state index in [0.717, 1.165) is 35.8 Å². The van der Waals surface area contributed by atoms with Crippen LogP contribution in [-0.2, 0) is 22.7 Å². The number of unbranched alkanes of at least 4 members (excludes halogenated alkanes) is 2. The van der Waals surface area contributed by atoms with Crippen molar-refractivity contribution in [3.05, 3.63) is 172 Å². The summed E-state index contributed by atoms with van der Waals surface area (Å²) in [5, 5.41) is 36.7. The van der Waals surface area contributed by atoms with Gasteiger partial charge in [-0.1, -0.05) is 78.7 Å². The molecule has 0 radical (unpaired) electrons. The fourth-order valence-electron chi connectivity index (χ4n) is 10.6. The number of nitro groups is 1. The van der Waals surface area contributed by atoms with Gasteiger partial charge in [0.2, 0.25) is 12.6 Å². The number of nitrogens with zero attached hydrogens (tertiary/aromatic N) is 3. The van der Waals surface area contributed by atoms with Gasteiger partial charge >= 0.3 is 6.09 Å². The molecule has 0 spiro atoms. The van der Waals surface area contributed by atoms with Crippen LogP contribution in [-0.4, -0.2) is 76.6 Å². The van der Waals surface area contributed by atoms with Crippen LogP contribution in [0.25, 0.3) is 0 Å². The van der Waals surface area contributed by atoms with E-state index >= 15 is 4.79 Å². The third-order valence-corrected chi connectivity index (χ3v) is 13.8. The second-order valence-corrected chi connectivity index (χ2v) is 18.3. The maximum absolute atomic E-state index is 15.3. The number of hydrogen-bond acceptors (Lipinski definition) is 14. The molecule has 0 saturated heterocycles. The zero-order valence-electron chi connectivity index (χ0n) is 39.7. The predicted octanol–water partition coefficient (Wildman–Crippen LogP) is 10.5. The number of ether oxygens (including phenoxy) is 6. The van der Waals surface area contributed by atoms with Gasteiger partial charge in [-0.25, -0.2) is 4.79 Å². The molecule has 1 amide bonds. The van der Waals surface area contributed by atoms with Crippen molar-refractivity contribution < 1.29 is 58.0 Å². The molecule has 5 aromatic carbocycles. The van der Waals surface area contributed by atoms with Crippen LogP contribution in [0.5, 0.6) is 34.5 Å². The molecule has 1 saturated carbocycles. The smallest absolute Gasteiger partial charge is 0.416 e. The molecule has 16 heteroatoms. The summed E-state index contributed by atoms with van der Waals surface area (Å²) in [6, 6.07) is 31.9. The maximum atomic E-state index is 15.3. The number of fused-ring (bicyclic) bond motifs is 3. The number of nitro benzene ring substituents is 1. The molecule has 6 unspecified atom stereocenters. The molecule has 9 rings (SSSR count). The fourth-order valence-corrected chi connectivity index (χ4v) is 10.6. The molecule has 4 aliphatic rings. The topological polar surface area (TPSA) is 198 Å². The standard InChI is InChI=1S/C56H57N3O13/c1-2-27-68-56-52(58(33-38-17-23-50-51(29-38)67-36-66-50)55(63)71-42-20-18-41(19-21-42)59(64)65)32-48(57-69-35-37-11-4-3-5-12-37)46-30-40(14-6-8-25-60)45(16-7-9-26-61)53(54(46)56)47-31-44(22-24-49(47)72-56)70-43-15-10-13-39(28-43)34-62/h2-5,10-13,15,17-24,28-31,34,40,45,52-54,60-61H,1,6-9,14,16,25-27,32-33,35-36H2. The summed E-state index contributed by atoms with van der Waals surface area (Å²) in [5.41, 5.74) is 4.07. The number of carbonyl (C=O) groups excluding carboxylic acids is 2. The van der Waals surface area contributed by atoms with Gasteiger partial charge in [-0.05, 0) is 109 Å². The zero-order chi connectivity index (χ0) is 50.0. The summed E-state index contributed by atoms with van der Waals surface area (Å²) < 4.78 is 38.6. The number of non-ortho nitro benzene ring substituents is 1. The highest BCUT2D eigenvalue weighted by Crippen LogP contribution is 2.62. The Morgan fingerprint density at radius 3 is 2.36 bits per heavy atom.